The van der Waals surface area contributed by atoms with E-state index >= 15 is 0 Å². The number of halogens is 1. The first-order chi connectivity index (χ1) is 15.6. The molecule has 1 aliphatic carbocycles. The van der Waals surface area contributed by atoms with Crippen molar-refractivity contribution in [2.45, 2.75) is 67.6 Å². The summed E-state index contributed by atoms with van der Waals surface area (Å²) in [5.74, 6) is -0.644. The lowest BCUT2D eigenvalue weighted by molar-refractivity contribution is -0.131. The number of sulfone groups is 2. The SMILES string of the molecule is CC1(C)[C@@H](CS(=O)(=O)c2ccc(S(C)(=O)=O)cc2)CC[C@@]1(C)NCC(=O)N1C[C@@H](F)C[C@H]1C#N. The zero-order valence-corrected chi connectivity index (χ0v) is 21.5. The van der Waals surface area contributed by atoms with Crippen LogP contribution in [0.15, 0.2) is 34.1 Å². The lowest BCUT2D eigenvalue weighted by Crippen LogP contribution is -2.55. The van der Waals surface area contributed by atoms with E-state index in [0.29, 0.717) is 12.8 Å². The molecule has 0 radical (unpaired) electrons. The van der Waals surface area contributed by atoms with Crippen LogP contribution in [0, 0.1) is 22.7 Å². The number of nitrogens with one attached hydrogen (secondary N) is 1. The van der Waals surface area contributed by atoms with Gasteiger partial charge in [-0.15, -0.1) is 0 Å². The average Bonchev–Trinajstić information content (AvgIpc) is 3.24. The molecular weight excluding hydrogens is 481 g/mol. The van der Waals surface area contributed by atoms with E-state index in [0.717, 1.165) is 6.26 Å². The van der Waals surface area contributed by atoms with Crippen molar-refractivity contribution in [3.05, 3.63) is 24.3 Å². The molecule has 3 rings (SSSR count). The summed E-state index contributed by atoms with van der Waals surface area (Å²) in [6, 6.07) is 6.46. The number of rotatable bonds is 7. The summed E-state index contributed by atoms with van der Waals surface area (Å²) in [6.45, 7) is 5.75. The van der Waals surface area contributed by atoms with Crippen molar-refractivity contribution in [3.8, 4) is 6.07 Å². The van der Waals surface area contributed by atoms with Gasteiger partial charge in [0.15, 0.2) is 19.7 Å². The highest BCUT2D eigenvalue weighted by atomic mass is 32.2. The fraction of sp³-hybridized carbons (Fsp3) is 0.652. The molecule has 0 aromatic heterocycles. The van der Waals surface area contributed by atoms with E-state index in [4.69, 9.17) is 0 Å². The molecule has 11 heteroatoms. The van der Waals surface area contributed by atoms with Crippen molar-refractivity contribution < 1.29 is 26.0 Å². The zero-order valence-electron chi connectivity index (χ0n) is 19.9. The van der Waals surface area contributed by atoms with Gasteiger partial charge in [-0.05, 0) is 55.4 Å². The summed E-state index contributed by atoms with van der Waals surface area (Å²) in [5.41, 5.74) is -1.03. The monoisotopic (exact) mass is 513 g/mol. The Morgan fingerprint density at radius 2 is 1.76 bits per heavy atom. The van der Waals surface area contributed by atoms with Gasteiger partial charge in [-0.25, -0.2) is 21.2 Å². The number of hydrogen-bond donors (Lipinski definition) is 1. The van der Waals surface area contributed by atoms with Crippen molar-refractivity contribution in [1.29, 1.82) is 5.26 Å². The lowest BCUT2D eigenvalue weighted by Gasteiger charge is -2.42. The second-order valence-corrected chi connectivity index (χ2v) is 14.2. The van der Waals surface area contributed by atoms with E-state index in [-0.39, 0.29) is 46.9 Å². The van der Waals surface area contributed by atoms with Crippen LogP contribution in [0.5, 0.6) is 0 Å². The Kier molecular flexibility index (Phi) is 7.19. The van der Waals surface area contributed by atoms with Gasteiger partial charge in [-0.1, -0.05) is 13.8 Å². The van der Waals surface area contributed by atoms with Crippen molar-refractivity contribution >= 4 is 25.6 Å². The van der Waals surface area contributed by atoms with Crippen LogP contribution in [0.4, 0.5) is 4.39 Å². The fourth-order valence-corrected chi connectivity index (χ4v) is 7.50. The van der Waals surface area contributed by atoms with Crippen LogP contribution in [0.25, 0.3) is 0 Å². The van der Waals surface area contributed by atoms with Crippen LogP contribution in [0.3, 0.4) is 0 Å². The molecule has 1 aromatic carbocycles. The van der Waals surface area contributed by atoms with Gasteiger partial charge in [-0.2, -0.15) is 5.26 Å². The maximum Gasteiger partial charge on any atom is 0.237 e. The zero-order chi connectivity index (χ0) is 25.5. The highest BCUT2D eigenvalue weighted by molar-refractivity contribution is 7.91. The molecule has 1 aliphatic heterocycles. The molecule has 34 heavy (non-hydrogen) atoms. The Hall–Kier alpha value is -2.03. The van der Waals surface area contributed by atoms with Crippen molar-refractivity contribution in [1.82, 2.24) is 10.2 Å². The number of benzene rings is 1. The van der Waals surface area contributed by atoms with Crippen LogP contribution >= 0.6 is 0 Å². The van der Waals surface area contributed by atoms with Crippen molar-refractivity contribution in [3.63, 3.8) is 0 Å². The van der Waals surface area contributed by atoms with Gasteiger partial charge < -0.3 is 10.2 Å². The first-order valence-electron chi connectivity index (χ1n) is 11.2. The van der Waals surface area contributed by atoms with Crippen molar-refractivity contribution in [2.75, 3.05) is 25.1 Å². The molecule has 1 heterocycles. The van der Waals surface area contributed by atoms with Crippen LogP contribution < -0.4 is 5.32 Å². The minimum absolute atomic E-state index is 0.0239. The Morgan fingerprint density at radius 3 is 2.32 bits per heavy atom. The van der Waals surface area contributed by atoms with Gasteiger partial charge in [-0.3, -0.25) is 4.79 Å². The van der Waals surface area contributed by atoms with Gasteiger partial charge in [0.2, 0.25) is 5.91 Å². The number of amides is 1. The molecule has 0 bridgehead atoms. The third kappa shape index (κ3) is 5.14. The number of carbonyl (C=O) groups is 1. The van der Waals surface area contributed by atoms with Gasteiger partial charge in [0, 0.05) is 18.2 Å². The molecule has 0 spiro atoms. The molecular formula is C23H32FN3O5S2. The Labute approximate surface area is 201 Å². The number of likely N-dealkylation sites (tertiary alicyclic amines) is 1. The molecule has 1 saturated heterocycles. The molecule has 0 unspecified atom stereocenters. The first-order valence-corrected chi connectivity index (χ1v) is 14.8. The number of carbonyl (C=O) groups excluding carboxylic acids is 1. The summed E-state index contributed by atoms with van der Waals surface area (Å²) < 4.78 is 63.2. The molecule has 1 N–H and O–H groups in total. The van der Waals surface area contributed by atoms with Gasteiger partial charge in [0.1, 0.15) is 12.2 Å². The highest BCUT2D eigenvalue weighted by Crippen LogP contribution is 2.50. The smallest absolute Gasteiger partial charge is 0.237 e. The molecule has 1 amide bonds. The number of nitriles is 1. The number of nitrogens with zero attached hydrogens (tertiary/aromatic N) is 2. The van der Waals surface area contributed by atoms with E-state index in [2.05, 4.69) is 5.32 Å². The average molecular weight is 514 g/mol. The van der Waals surface area contributed by atoms with Gasteiger partial charge in [0.05, 0.1) is 34.7 Å². The topological polar surface area (TPSA) is 124 Å². The predicted molar refractivity (Wildman–Crippen MR) is 125 cm³/mol. The summed E-state index contributed by atoms with van der Waals surface area (Å²) in [6.07, 6.45) is 1.16. The second-order valence-electron chi connectivity index (χ2n) is 10.2. The van der Waals surface area contributed by atoms with E-state index in [9.17, 15) is 31.3 Å². The molecule has 1 aromatic rings. The van der Waals surface area contributed by atoms with E-state index in [1.807, 2.05) is 26.8 Å². The quantitative estimate of drug-likeness (QED) is 0.592. The molecule has 4 atom stereocenters. The van der Waals surface area contributed by atoms with E-state index in [1.165, 1.54) is 29.2 Å². The number of alkyl halides is 1. The summed E-state index contributed by atoms with van der Waals surface area (Å²) in [4.78, 5) is 14.1. The van der Waals surface area contributed by atoms with Crippen LogP contribution in [-0.4, -0.2) is 70.5 Å². The second kappa shape index (κ2) is 9.21. The summed E-state index contributed by atoms with van der Waals surface area (Å²) in [7, 11) is -7.09. The minimum atomic E-state index is -3.66. The number of hydrogen-bond acceptors (Lipinski definition) is 7. The Balaban J connectivity index is 1.69. The minimum Gasteiger partial charge on any atom is -0.323 e. The van der Waals surface area contributed by atoms with E-state index in [1.54, 1.807) is 0 Å². The summed E-state index contributed by atoms with van der Waals surface area (Å²) >= 11 is 0. The van der Waals surface area contributed by atoms with Crippen molar-refractivity contribution in [2.24, 2.45) is 11.3 Å². The van der Waals surface area contributed by atoms with Crippen LogP contribution in [-0.2, 0) is 24.5 Å². The third-order valence-corrected chi connectivity index (χ3v) is 10.8. The third-order valence-electron chi connectivity index (χ3n) is 7.82. The lowest BCUT2D eigenvalue weighted by atomic mass is 9.72. The normalized spacial score (nSPS) is 29.2. The standard InChI is InChI=1S/C23H32FN3O5S2/c1-22(2)16(15-34(31,32)20-7-5-19(6-8-20)33(4,29)30)9-10-23(22,3)26-13-21(28)27-14-17(24)11-18(27)12-25/h5-8,16-18,26H,9-11,13-15H2,1-4H3/t16-,17+,18+,23-/m1/s1. The Bertz CT molecular complexity index is 1190. The highest BCUT2D eigenvalue weighted by Gasteiger charge is 2.52. The summed E-state index contributed by atoms with van der Waals surface area (Å²) in [5, 5.41) is 12.5. The molecule has 8 nitrogen and oxygen atoms in total. The van der Waals surface area contributed by atoms with Gasteiger partial charge >= 0.3 is 0 Å². The fourth-order valence-electron chi connectivity index (χ4n) is 5.01. The van der Waals surface area contributed by atoms with E-state index < -0.39 is 42.8 Å². The molecule has 1 saturated carbocycles. The maximum atomic E-state index is 13.7. The molecule has 2 aliphatic rings. The maximum absolute atomic E-state index is 13.7. The Morgan fingerprint density at radius 1 is 1.18 bits per heavy atom. The molecule has 2 fully saturated rings. The first kappa shape index (κ1) is 26.6. The van der Waals surface area contributed by atoms with Crippen LogP contribution in [0.1, 0.15) is 40.0 Å². The largest absolute Gasteiger partial charge is 0.323 e. The van der Waals surface area contributed by atoms with Gasteiger partial charge in [0.25, 0.3) is 0 Å². The van der Waals surface area contributed by atoms with Crippen LogP contribution in [0.2, 0.25) is 0 Å². The predicted octanol–water partition coefficient (Wildman–Crippen LogP) is 2.11. The molecule has 188 valence electrons.